The highest BCUT2D eigenvalue weighted by Crippen LogP contribution is 2.37. The smallest absolute Gasteiger partial charge is 0.379 e. The van der Waals surface area contributed by atoms with Gasteiger partial charge < -0.3 is 10.5 Å². The first-order valence-electron chi connectivity index (χ1n) is 5.17. The number of hydrogen-bond donors (Lipinski definition) is 1. The Morgan fingerprint density at radius 2 is 1.90 bits per heavy atom. The lowest BCUT2D eigenvalue weighted by atomic mass is 10.0. The average Bonchev–Trinajstić information content (AvgIpc) is 2.34. The molecule has 0 aliphatic rings. The lowest BCUT2D eigenvalue weighted by Gasteiger charge is -2.23. The summed E-state index contributed by atoms with van der Waals surface area (Å²) in [6.07, 6.45) is 0. The summed E-state index contributed by atoms with van der Waals surface area (Å²) in [5.41, 5.74) is 4.51. The van der Waals surface area contributed by atoms with Crippen molar-refractivity contribution in [2.75, 3.05) is 6.61 Å². The molecule has 0 radical (unpaired) electrons. The van der Waals surface area contributed by atoms with Gasteiger partial charge in [0.2, 0.25) is 0 Å². The van der Waals surface area contributed by atoms with Crippen LogP contribution in [0.1, 0.15) is 18.5 Å². The van der Waals surface area contributed by atoms with Crippen molar-refractivity contribution in [3.8, 4) is 0 Å². The van der Waals surface area contributed by atoms with Crippen molar-refractivity contribution in [3.63, 3.8) is 0 Å². The molecular weight excluding hydrogens is 341 g/mol. The third-order valence-corrected chi connectivity index (χ3v) is 2.95. The van der Waals surface area contributed by atoms with Gasteiger partial charge in [-0.05, 0) is 19.1 Å². The Kier molecular flexibility index (Phi) is 7.10. The highest BCUT2D eigenvalue weighted by molar-refractivity contribution is 6.33. The third-order valence-electron chi connectivity index (χ3n) is 2.33. The molecule has 9 heteroatoms. The lowest BCUT2D eigenvalue weighted by Crippen LogP contribution is -2.42. The summed E-state index contributed by atoms with van der Waals surface area (Å²) in [5, 5.41) is -0.770. The van der Waals surface area contributed by atoms with Crippen molar-refractivity contribution in [1.82, 2.24) is 0 Å². The maximum Gasteiger partial charge on any atom is 0.379 e. The molecule has 3 nitrogen and oxygen atoms in total. The zero-order valence-electron chi connectivity index (χ0n) is 10.1. The molecule has 0 bridgehead atoms. The quantitative estimate of drug-likeness (QED) is 0.663. The first kappa shape index (κ1) is 19.3. The van der Waals surface area contributed by atoms with Crippen LogP contribution in [0.25, 0.3) is 0 Å². The van der Waals surface area contributed by atoms with Crippen LogP contribution in [0.2, 0.25) is 10.0 Å². The van der Waals surface area contributed by atoms with E-state index in [9.17, 15) is 18.0 Å². The Morgan fingerprint density at radius 3 is 2.40 bits per heavy atom. The molecule has 114 valence electrons. The number of nitrogens with two attached hydrogens (primary N) is 1. The van der Waals surface area contributed by atoms with Crippen LogP contribution in [-0.4, -0.2) is 18.5 Å². The number of carbonyl (C=O) groups excluding carboxylic acids is 1. The number of benzene rings is 1. The SMILES string of the molecule is CCOC(=O)C(F)(F)[C@@H](N)c1c(Cl)ccc(Cl)c1F.Cl. The maximum absolute atomic E-state index is 13.7. The second-order valence-corrected chi connectivity index (χ2v) is 4.39. The maximum atomic E-state index is 13.7. The Balaban J connectivity index is 0.00000361. The Labute approximate surface area is 129 Å². The van der Waals surface area contributed by atoms with Crippen LogP contribution < -0.4 is 5.73 Å². The number of carbonyl (C=O) groups is 1. The molecule has 20 heavy (non-hydrogen) atoms. The molecule has 0 spiro atoms. The molecule has 1 rings (SSSR count). The molecule has 0 aliphatic heterocycles. The Morgan fingerprint density at radius 1 is 1.40 bits per heavy atom. The molecule has 1 atom stereocenters. The molecule has 0 amide bonds. The van der Waals surface area contributed by atoms with Gasteiger partial charge in [-0.15, -0.1) is 12.4 Å². The van der Waals surface area contributed by atoms with Crippen LogP contribution in [0, 0.1) is 5.82 Å². The van der Waals surface area contributed by atoms with Crippen molar-refractivity contribution in [3.05, 3.63) is 33.6 Å². The summed E-state index contributed by atoms with van der Waals surface area (Å²) in [5.74, 6) is -7.16. The minimum absolute atomic E-state index is 0. The number of ether oxygens (including phenoxy) is 1. The fourth-order valence-electron chi connectivity index (χ4n) is 1.36. The predicted octanol–water partition coefficient (Wildman–Crippen LogP) is 3.75. The molecule has 0 aliphatic carbocycles. The van der Waals surface area contributed by atoms with E-state index < -0.39 is 34.3 Å². The molecule has 1 aromatic carbocycles. The molecule has 1 aromatic rings. The molecule has 0 saturated carbocycles. The monoisotopic (exact) mass is 351 g/mol. The van der Waals surface area contributed by atoms with Crippen LogP contribution in [0.4, 0.5) is 13.2 Å². The lowest BCUT2D eigenvalue weighted by molar-refractivity contribution is -0.174. The molecule has 0 heterocycles. The predicted molar refractivity (Wildman–Crippen MR) is 72.2 cm³/mol. The van der Waals surface area contributed by atoms with Gasteiger partial charge in [0, 0.05) is 10.6 Å². The minimum Gasteiger partial charge on any atom is -0.462 e. The molecule has 0 aromatic heterocycles. The fourth-order valence-corrected chi connectivity index (χ4v) is 1.79. The van der Waals surface area contributed by atoms with E-state index in [4.69, 9.17) is 28.9 Å². The number of rotatable bonds is 4. The molecular formula is C11H11Cl3F3NO2. The van der Waals surface area contributed by atoms with E-state index in [0.717, 1.165) is 12.1 Å². The number of esters is 1. The summed E-state index contributed by atoms with van der Waals surface area (Å²) in [6, 6.07) is -0.0841. The van der Waals surface area contributed by atoms with Crippen molar-refractivity contribution in [2.45, 2.75) is 18.9 Å². The van der Waals surface area contributed by atoms with E-state index in [1.54, 1.807) is 0 Å². The van der Waals surface area contributed by atoms with Gasteiger partial charge in [0.15, 0.2) is 0 Å². The summed E-state index contributed by atoms with van der Waals surface area (Å²) >= 11 is 11.1. The second-order valence-electron chi connectivity index (χ2n) is 3.58. The molecule has 2 N–H and O–H groups in total. The van der Waals surface area contributed by atoms with E-state index in [-0.39, 0.29) is 24.0 Å². The molecule has 0 unspecified atom stereocenters. The van der Waals surface area contributed by atoms with Crippen LogP contribution in [0.15, 0.2) is 12.1 Å². The fraction of sp³-hybridized carbons (Fsp3) is 0.364. The van der Waals surface area contributed by atoms with Gasteiger partial charge in [-0.3, -0.25) is 0 Å². The van der Waals surface area contributed by atoms with Crippen molar-refractivity contribution in [1.29, 1.82) is 0 Å². The van der Waals surface area contributed by atoms with Crippen molar-refractivity contribution >= 4 is 41.6 Å². The zero-order valence-corrected chi connectivity index (χ0v) is 12.5. The van der Waals surface area contributed by atoms with Gasteiger partial charge >= 0.3 is 11.9 Å². The van der Waals surface area contributed by atoms with E-state index >= 15 is 0 Å². The topological polar surface area (TPSA) is 52.3 Å². The molecule has 0 fully saturated rings. The Hall–Kier alpha value is -0.690. The van der Waals surface area contributed by atoms with Gasteiger partial charge in [0.25, 0.3) is 0 Å². The summed E-state index contributed by atoms with van der Waals surface area (Å²) in [4.78, 5) is 11.1. The van der Waals surface area contributed by atoms with E-state index in [0.29, 0.717) is 0 Å². The highest BCUT2D eigenvalue weighted by atomic mass is 35.5. The summed E-state index contributed by atoms with van der Waals surface area (Å²) in [7, 11) is 0. The Bertz CT molecular complexity index is 500. The van der Waals surface area contributed by atoms with E-state index in [2.05, 4.69) is 4.74 Å². The number of alkyl halides is 2. The van der Waals surface area contributed by atoms with Crippen LogP contribution in [0.5, 0.6) is 0 Å². The van der Waals surface area contributed by atoms with Crippen LogP contribution in [-0.2, 0) is 9.53 Å². The number of hydrogen-bond acceptors (Lipinski definition) is 3. The minimum atomic E-state index is -4.12. The van der Waals surface area contributed by atoms with Crippen molar-refractivity contribution < 1.29 is 22.7 Å². The summed E-state index contributed by atoms with van der Waals surface area (Å²) in [6.45, 7) is 1.10. The zero-order chi connectivity index (χ0) is 14.8. The van der Waals surface area contributed by atoms with Gasteiger partial charge in [0.1, 0.15) is 11.9 Å². The van der Waals surface area contributed by atoms with E-state index in [1.165, 1.54) is 6.92 Å². The van der Waals surface area contributed by atoms with E-state index in [1.807, 2.05) is 0 Å². The highest BCUT2D eigenvalue weighted by Gasteiger charge is 2.49. The molecule has 0 saturated heterocycles. The van der Waals surface area contributed by atoms with Gasteiger partial charge in [0.05, 0.1) is 11.6 Å². The third kappa shape index (κ3) is 3.69. The standard InChI is InChI=1S/C11H10Cl2F3NO2.ClH/c1-2-19-10(18)11(15,16)9(17)7-5(12)3-4-6(13)8(7)14;/h3-4,9H,2,17H2,1H3;1H/t9-;/m0./s1. The van der Waals surface area contributed by atoms with Crippen LogP contribution in [0.3, 0.4) is 0 Å². The largest absolute Gasteiger partial charge is 0.462 e. The van der Waals surface area contributed by atoms with Crippen LogP contribution >= 0.6 is 35.6 Å². The van der Waals surface area contributed by atoms with Gasteiger partial charge in [-0.25, -0.2) is 9.18 Å². The second kappa shape index (κ2) is 7.36. The first-order chi connectivity index (χ1) is 8.73. The average molecular weight is 353 g/mol. The van der Waals surface area contributed by atoms with Gasteiger partial charge in [-0.2, -0.15) is 8.78 Å². The van der Waals surface area contributed by atoms with Crippen molar-refractivity contribution in [2.24, 2.45) is 5.73 Å². The number of halogens is 6. The van der Waals surface area contributed by atoms with Gasteiger partial charge in [-0.1, -0.05) is 23.2 Å². The first-order valence-corrected chi connectivity index (χ1v) is 5.93. The summed E-state index contributed by atoms with van der Waals surface area (Å²) < 4.78 is 45.3. The normalized spacial score (nSPS) is 12.6.